The van der Waals surface area contributed by atoms with E-state index in [-0.39, 0.29) is 11.9 Å². The molecule has 1 saturated heterocycles. The van der Waals surface area contributed by atoms with Crippen molar-refractivity contribution in [2.24, 2.45) is 0 Å². The zero-order valence-corrected chi connectivity index (χ0v) is 15.2. The van der Waals surface area contributed by atoms with Gasteiger partial charge in [-0.1, -0.05) is 26.7 Å². The highest BCUT2D eigenvalue weighted by molar-refractivity contribution is 6.07. The summed E-state index contributed by atoms with van der Waals surface area (Å²) in [5.74, 6) is 0.0212. The van der Waals surface area contributed by atoms with Crippen molar-refractivity contribution in [1.29, 1.82) is 0 Å². The average Bonchev–Trinajstić information content (AvgIpc) is 3.05. The van der Waals surface area contributed by atoms with Crippen molar-refractivity contribution in [3.05, 3.63) is 0 Å². The van der Waals surface area contributed by atoms with Crippen molar-refractivity contribution in [3.63, 3.8) is 0 Å². The van der Waals surface area contributed by atoms with Crippen LogP contribution < -0.4 is 0 Å². The van der Waals surface area contributed by atoms with Crippen LogP contribution in [0.5, 0.6) is 0 Å². The Morgan fingerprint density at radius 3 is 2.00 bits per heavy atom. The Morgan fingerprint density at radius 1 is 0.957 bits per heavy atom. The summed E-state index contributed by atoms with van der Waals surface area (Å²) in [4.78, 5) is 33.5. The minimum Gasteiger partial charge on any atom is -0.297 e. The zero-order chi connectivity index (χ0) is 17.0. The van der Waals surface area contributed by atoms with Gasteiger partial charge in [-0.15, -0.1) is 0 Å². The quantitative estimate of drug-likeness (QED) is 0.642. The molecule has 1 aliphatic heterocycles. The van der Waals surface area contributed by atoms with E-state index in [4.69, 9.17) is 0 Å². The molecule has 0 aromatic heterocycles. The van der Waals surface area contributed by atoms with Gasteiger partial charge in [0.25, 0.3) is 5.91 Å². The highest BCUT2D eigenvalue weighted by Crippen LogP contribution is 2.41. The number of amides is 3. The Bertz CT molecular complexity index is 434. The van der Waals surface area contributed by atoms with Crippen LogP contribution in [0.15, 0.2) is 0 Å². The van der Waals surface area contributed by atoms with Gasteiger partial charge in [0.05, 0.1) is 13.3 Å². The van der Waals surface area contributed by atoms with Crippen molar-refractivity contribution in [2.75, 3.05) is 40.5 Å². The van der Waals surface area contributed by atoms with Gasteiger partial charge in [-0.05, 0) is 52.9 Å². The maximum Gasteiger partial charge on any atom is 0.329 e. The molecule has 0 N–H and O–H groups in total. The lowest BCUT2D eigenvalue weighted by Crippen LogP contribution is -2.51. The van der Waals surface area contributed by atoms with Gasteiger partial charge in [0.1, 0.15) is 5.54 Å². The third-order valence-corrected chi connectivity index (χ3v) is 5.03. The van der Waals surface area contributed by atoms with E-state index in [2.05, 4.69) is 23.6 Å². The molecule has 0 aromatic rings. The Labute approximate surface area is 140 Å². The first kappa shape index (κ1) is 18.2. The maximum absolute atomic E-state index is 13.0. The van der Waals surface area contributed by atoms with Crippen LogP contribution in [-0.2, 0) is 4.79 Å². The second-order valence-corrected chi connectivity index (χ2v) is 7.12. The summed E-state index contributed by atoms with van der Waals surface area (Å²) in [6.45, 7) is 7.01. The lowest BCUT2D eigenvalue weighted by Gasteiger charge is -2.34. The molecule has 0 atom stereocenters. The van der Waals surface area contributed by atoms with Gasteiger partial charge >= 0.3 is 6.03 Å². The molecule has 0 bridgehead atoms. The molecule has 0 radical (unpaired) electrons. The van der Waals surface area contributed by atoms with Crippen molar-refractivity contribution >= 4 is 11.9 Å². The van der Waals surface area contributed by atoms with Gasteiger partial charge in [0.15, 0.2) is 0 Å². The molecule has 1 saturated carbocycles. The Kier molecular flexibility index (Phi) is 6.03. The summed E-state index contributed by atoms with van der Waals surface area (Å²) < 4.78 is 0. The van der Waals surface area contributed by atoms with E-state index in [0.717, 1.165) is 51.6 Å². The van der Waals surface area contributed by atoms with Crippen molar-refractivity contribution < 1.29 is 9.59 Å². The number of hydrogen-bond acceptors (Lipinski definition) is 4. The highest BCUT2D eigenvalue weighted by Gasteiger charge is 2.58. The molecule has 0 unspecified atom stereocenters. The number of urea groups is 1. The molecule has 1 aliphatic carbocycles. The van der Waals surface area contributed by atoms with Crippen LogP contribution in [0.3, 0.4) is 0 Å². The summed E-state index contributed by atoms with van der Waals surface area (Å²) in [7, 11) is 3.99. The van der Waals surface area contributed by atoms with Crippen molar-refractivity contribution in [2.45, 2.75) is 57.9 Å². The molecular weight excluding hydrogens is 292 g/mol. The monoisotopic (exact) mass is 324 g/mol. The van der Waals surface area contributed by atoms with Gasteiger partial charge in [-0.25, -0.2) is 9.69 Å². The first-order valence-corrected chi connectivity index (χ1v) is 8.97. The van der Waals surface area contributed by atoms with E-state index in [1.807, 2.05) is 19.0 Å². The second kappa shape index (κ2) is 7.62. The maximum atomic E-state index is 13.0. The van der Waals surface area contributed by atoms with Gasteiger partial charge in [0, 0.05) is 0 Å². The van der Waals surface area contributed by atoms with Crippen molar-refractivity contribution in [1.82, 2.24) is 19.6 Å². The molecule has 6 heteroatoms. The van der Waals surface area contributed by atoms with E-state index in [9.17, 15) is 9.59 Å². The Morgan fingerprint density at radius 2 is 1.48 bits per heavy atom. The number of rotatable bonds is 8. The summed E-state index contributed by atoms with van der Waals surface area (Å²) in [6.07, 6.45) is 5.75. The van der Waals surface area contributed by atoms with Crippen LogP contribution in [0.25, 0.3) is 0 Å². The van der Waals surface area contributed by atoms with E-state index >= 15 is 0 Å². The molecule has 1 heterocycles. The number of hydrogen-bond donors (Lipinski definition) is 0. The van der Waals surface area contributed by atoms with Crippen LogP contribution in [0.2, 0.25) is 0 Å². The van der Waals surface area contributed by atoms with Crippen molar-refractivity contribution in [3.8, 4) is 0 Å². The predicted molar refractivity (Wildman–Crippen MR) is 90.9 cm³/mol. The predicted octanol–water partition coefficient (Wildman–Crippen LogP) is 2.16. The number of carbonyl (C=O) groups is 2. The minimum atomic E-state index is -0.577. The largest absolute Gasteiger partial charge is 0.329 e. The Hall–Kier alpha value is -1.14. The third-order valence-electron chi connectivity index (χ3n) is 5.03. The van der Waals surface area contributed by atoms with Gasteiger partial charge < -0.3 is 0 Å². The van der Waals surface area contributed by atoms with Crippen LogP contribution in [0.4, 0.5) is 4.79 Å². The summed E-state index contributed by atoms with van der Waals surface area (Å²) >= 11 is 0. The molecule has 23 heavy (non-hydrogen) atoms. The molecule has 6 nitrogen and oxygen atoms in total. The normalized spacial score (nSPS) is 20.8. The SMILES string of the molecule is CCCN(C)CN1C(=O)N(CN(C)CCC)C2(CCCC2)C1=O. The molecular formula is C17H32N4O2. The average molecular weight is 324 g/mol. The standard InChI is InChI=1S/C17H32N4O2/c1-5-11-18(3)13-20-15(22)17(9-7-8-10-17)21(16(20)23)14-19(4)12-6-2/h5-14H2,1-4H3. The number of carbonyl (C=O) groups excluding carboxylic acids is 2. The molecule has 2 aliphatic rings. The molecule has 2 rings (SSSR count). The molecule has 0 aromatic carbocycles. The summed E-state index contributed by atoms with van der Waals surface area (Å²) in [6, 6.07) is -0.109. The highest BCUT2D eigenvalue weighted by atomic mass is 16.2. The van der Waals surface area contributed by atoms with E-state index < -0.39 is 5.54 Å². The lowest BCUT2D eigenvalue weighted by molar-refractivity contribution is -0.134. The summed E-state index contributed by atoms with van der Waals surface area (Å²) in [5.41, 5.74) is -0.577. The van der Waals surface area contributed by atoms with E-state index in [1.54, 1.807) is 0 Å². The van der Waals surface area contributed by atoms with E-state index in [0.29, 0.717) is 13.3 Å². The summed E-state index contributed by atoms with van der Waals surface area (Å²) in [5, 5.41) is 0. The van der Waals surface area contributed by atoms with Crippen LogP contribution in [0, 0.1) is 0 Å². The number of imide groups is 1. The fourth-order valence-electron chi connectivity index (χ4n) is 3.93. The van der Waals surface area contributed by atoms with Gasteiger partial charge in [-0.3, -0.25) is 19.5 Å². The third kappa shape index (κ3) is 3.53. The van der Waals surface area contributed by atoms with E-state index in [1.165, 1.54) is 4.90 Å². The second-order valence-electron chi connectivity index (χ2n) is 7.12. The topological polar surface area (TPSA) is 47.1 Å². The Balaban J connectivity index is 2.18. The molecule has 2 fully saturated rings. The fourth-order valence-corrected chi connectivity index (χ4v) is 3.93. The smallest absolute Gasteiger partial charge is 0.297 e. The van der Waals surface area contributed by atoms with Crippen LogP contribution in [-0.4, -0.2) is 77.6 Å². The van der Waals surface area contributed by atoms with Gasteiger partial charge in [0.2, 0.25) is 0 Å². The van der Waals surface area contributed by atoms with Crippen LogP contribution in [0.1, 0.15) is 52.4 Å². The molecule has 3 amide bonds. The molecule has 1 spiro atoms. The number of nitrogens with zero attached hydrogens (tertiary/aromatic N) is 4. The first-order chi connectivity index (χ1) is 11.0. The zero-order valence-electron chi connectivity index (χ0n) is 15.2. The van der Waals surface area contributed by atoms with Crippen LogP contribution >= 0.6 is 0 Å². The molecule has 132 valence electrons. The van der Waals surface area contributed by atoms with Gasteiger partial charge in [-0.2, -0.15) is 0 Å². The minimum absolute atomic E-state index is 0.0212. The first-order valence-electron chi connectivity index (χ1n) is 8.97. The lowest BCUT2D eigenvalue weighted by atomic mass is 9.96. The fraction of sp³-hybridized carbons (Fsp3) is 0.882.